The standard InChI is InChI=1S/C29H42O2.C27H34O3.C18H19NO.C18H15S.C17H20O4S.2C10H14O/c1-7-19(2)21-9-12-24(13-10-21)30-26(28(5)18-20-8-11-23(28)16-20)31-25-17-22-14-15-29(25,6)27(22,3)4;1-4-20(2)22-11-14-25(15-12-22)30-26(27(3)19-21-10-13-23(27)18-21)29-17-16-28-24-8-6-5-7-9-24;1-3-14(2)17-8-10-18(11-9-17)20-13-16-6-4-15(12-19)5-7-16;1-4-10-16(11-5-1)19(17-12-6-2-7-13-17)18-14-8-3-9-15-18;1-3-13(2)14-8-10-16(11-9-14)21-12-15-6-4-5-7-17(15)22(18,19)20;2*1-3-8(2)9-4-6-10(11)7-5-9/h8-13,19-20,22-23,25-26H,7,14-18H2,1-6H3;5-15,20-21,23,26H,4,16-19H2,1-3H3;4-11,14H,3,13H2,1-2H3;1-15H;4-11,13H,3,12H2,1-2H3,(H,18,19,20);2*4-8,11H,3H2,1-2H3/q;;;+1;;;/p-1. The van der Waals surface area contributed by atoms with Crippen molar-refractivity contribution in [2.75, 3.05) is 13.2 Å². The molecule has 18 rings (SSSR count). The van der Waals surface area contributed by atoms with E-state index in [9.17, 15) is 13.0 Å². The molecule has 13 nitrogen and oxygen atoms in total. The minimum atomic E-state index is -4.49. The topological polar surface area (TPSA) is 186 Å². The van der Waals surface area contributed by atoms with Crippen LogP contribution in [0.2, 0.25) is 0 Å². The zero-order valence-corrected chi connectivity index (χ0v) is 89.8. The predicted molar refractivity (Wildman–Crippen MR) is 588 cm³/mol. The molecule has 0 radical (unpaired) electrons. The van der Waals surface area contributed by atoms with Gasteiger partial charge >= 0.3 is 0 Å². The Balaban J connectivity index is 0.000000154. The molecule has 4 fully saturated rings. The van der Waals surface area contributed by atoms with Crippen LogP contribution in [0.25, 0.3) is 0 Å². The molecule has 4 saturated carbocycles. The molecule has 144 heavy (non-hydrogen) atoms. The zero-order valence-electron chi connectivity index (χ0n) is 88.2. The van der Waals surface area contributed by atoms with Gasteiger partial charge in [0.25, 0.3) is 0 Å². The van der Waals surface area contributed by atoms with Crippen molar-refractivity contribution in [1.29, 1.82) is 5.26 Å². The van der Waals surface area contributed by atoms with Crippen LogP contribution in [0.3, 0.4) is 0 Å². The number of aromatic hydroxyl groups is 2. The molecule has 0 saturated heterocycles. The second-order valence-corrected chi connectivity index (χ2v) is 44.9. The Morgan fingerprint density at radius 1 is 0.396 bits per heavy atom. The van der Waals surface area contributed by atoms with Crippen molar-refractivity contribution >= 4 is 21.0 Å². The number of allylic oxidation sites excluding steroid dienone is 4. The maximum Gasteiger partial charge on any atom is 0.206 e. The van der Waals surface area contributed by atoms with Crippen LogP contribution < -0.4 is 23.7 Å². The van der Waals surface area contributed by atoms with E-state index in [2.05, 4.69) is 300 Å². The highest BCUT2D eigenvalue weighted by Gasteiger charge is 2.64. The largest absolute Gasteiger partial charge is 0.744 e. The van der Waals surface area contributed by atoms with E-state index in [4.69, 9.17) is 48.6 Å². The lowest BCUT2D eigenvalue weighted by atomic mass is 9.69. The summed E-state index contributed by atoms with van der Waals surface area (Å²) in [5.41, 5.74) is 10.7. The highest BCUT2D eigenvalue weighted by atomic mass is 32.2. The molecule has 762 valence electrons. The third-order valence-electron chi connectivity index (χ3n) is 31.8. The fourth-order valence-corrected chi connectivity index (χ4v) is 23.3. The molecule has 15 heteroatoms. The summed E-state index contributed by atoms with van der Waals surface area (Å²) in [7, 11) is -4.50. The van der Waals surface area contributed by atoms with Gasteiger partial charge in [-0.3, -0.25) is 0 Å². The molecule has 6 bridgehead atoms. The second kappa shape index (κ2) is 53.5. The summed E-state index contributed by atoms with van der Waals surface area (Å²) in [6.45, 7) is 40.2. The van der Waals surface area contributed by atoms with Crippen molar-refractivity contribution in [1.82, 2.24) is 0 Å². The summed E-state index contributed by atoms with van der Waals surface area (Å²) in [4.78, 5) is 3.85. The Kier molecular flexibility index (Phi) is 41.3. The number of phenolic OH excluding ortho intramolecular Hbond substituents is 2. The van der Waals surface area contributed by atoms with Crippen LogP contribution in [-0.2, 0) is 43.7 Å². The molecule has 0 amide bonds. The minimum absolute atomic E-state index is 0.0124. The lowest BCUT2D eigenvalue weighted by molar-refractivity contribution is -0.213. The van der Waals surface area contributed by atoms with Crippen molar-refractivity contribution in [3.8, 4) is 46.3 Å². The number of fused-ring (bicyclic) bond motifs is 6. The number of hydrogen-bond acceptors (Lipinski definition) is 13. The van der Waals surface area contributed by atoms with Gasteiger partial charge in [0.15, 0.2) is 14.7 Å². The van der Waals surface area contributed by atoms with Gasteiger partial charge in [-0.15, -0.1) is 0 Å². The lowest BCUT2D eigenvalue weighted by Gasteiger charge is -2.45. The average Bonchev–Trinajstić information content (AvgIpc) is 1.55. The van der Waals surface area contributed by atoms with Crippen LogP contribution in [-0.4, -0.2) is 55.1 Å². The Hall–Kier alpha value is -11.6. The minimum Gasteiger partial charge on any atom is -0.744 e. The Morgan fingerprint density at radius 3 is 1.09 bits per heavy atom. The van der Waals surface area contributed by atoms with Crippen molar-refractivity contribution in [2.24, 2.45) is 51.2 Å². The molecule has 12 aromatic rings. The predicted octanol–water partition coefficient (Wildman–Crippen LogP) is 33.3. The quantitative estimate of drug-likeness (QED) is 0.0126. The molecular formula is C129H157NO12S2. The van der Waals surface area contributed by atoms with Gasteiger partial charge in [0.05, 0.1) is 40.1 Å². The molecule has 6 aliphatic rings. The van der Waals surface area contributed by atoms with Crippen LogP contribution in [0, 0.1) is 62.6 Å². The summed E-state index contributed by atoms with van der Waals surface area (Å²) in [5, 5.41) is 26.8. The van der Waals surface area contributed by atoms with Gasteiger partial charge in [-0.1, -0.05) is 318 Å². The van der Waals surface area contributed by atoms with E-state index in [1.54, 1.807) is 36.4 Å². The number of phenols is 2. The molecular weight excluding hydrogens is 1820 g/mol. The van der Waals surface area contributed by atoms with Crippen LogP contribution in [0.4, 0.5) is 0 Å². The Labute approximate surface area is 865 Å². The molecule has 12 aromatic carbocycles. The fraction of sp³-hybridized carbons (Fsp3) is 0.403. The number of para-hydroxylation sites is 1. The number of benzene rings is 12. The molecule has 2 N–H and O–H groups in total. The van der Waals surface area contributed by atoms with E-state index in [-0.39, 0.29) is 51.2 Å². The number of ether oxygens (including phenoxy) is 7. The number of hydrogen-bond donors (Lipinski definition) is 2. The van der Waals surface area contributed by atoms with Crippen molar-refractivity contribution in [3.63, 3.8) is 0 Å². The summed E-state index contributed by atoms with van der Waals surface area (Å²) < 4.78 is 77.4. The molecule has 0 aromatic heterocycles. The maximum atomic E-state index is 11.2. The van der Waals surface area contributed by atoms with Gasteiger partial charge < -0.3 is 47.9 Å². The first kappa shape index (κ1) is 111. The summed E-state index contributed by atoms with van der Waals surface area (Å²) in [6.07, 6.45) is 24.8. The Morgan fingerprint density at radius 2 is 0.743 bits per heavy atom. The van der Waals surface area contributed by atoms with Crippen molar-refractivity contribution in [3.05, 3.63) is 390 Å². The lowest BCUT2D eigenvalue weighted by Crippen LogP contribution is -2.47. The third kappa shape index (κ3) is 30.1. The van der Waals surface area contributed by atoms with Gasteiger partial charge in [0, 0.05) is 16.4 Å². The van der Waals surface area contributed by atoms with Crippen molar-refractivity contribution < 1.29 is 56.3 Å². The highest BCUT2D eigenvalue weighted by molar-refractivity contribution is 7.97. The fourth-order valence-electron chi connectivity index (χ4n) is 20.5. The van der Waals surface area contributed by atoms with Gasteiger partial charge in [-0.2, -0.15) is 5.26 Å². The monoisotopic (exact) mass is 1980 g/mol. The van der Waals surface area contributed by atoms with Crippen molar-refractivity contribution in [2.45, 2.75) is 288 Å². The number of rotatable bonds is 35. The first-order chi connectivity index (χ1) is 69.3. The van der Waals surface area contributed by atoms with Crippen LogP contribution >= 0.6 is 0 Å². The van der Waals surface area contributed by atoms with Gasteiger partial charge in [0.1, 0.15) is 70.2 Å². The van der Waals surface area contributed by atoms with Crippen LogP contribution in [0.1, 0.15) is 287 Å². The van der Waals surface area contributed by atoms with Crippen LogP contribution in [0.15, 0.2) is 359 Å². The van der Waals surface area contributed by atoms with E-state index in [1.807, 2.05) is 115 Å². The van der Waals surface area contributed by atoms with Gasteiger partial charge in [0.2, 0.25) is 12.6 Å². The van der Waals surface area contributed by atoms with E-state index >= 15 is 0 Å². The first-order valence-electron chi connectivity index (χ1n) is 52.6. The van der Waals surface area contributed by atoms with E-state index < -0.39 is 10.1 Å². The molecule has 0 heterocycles. The van der Waals surface area contributed by atoms with E-state index in [1.165, 1.54) is 98.7 Å². The van der Waals surface area contributed by atoms with E-state index in [0.29, 0.717) is 119 Å². The normalized spacial score (nSPS) is 21.4. The zero-order chi connectivity index (χ0) is 103. The molecule has 0 spiro atoms. The van der Waals surface area contributed by atoms with Gasteiger partial charge in [-0.05, 0) is 338 Å². The molecule has 17 unspecified atom stereocenters. The van der Waals surface area contributed by atoms with Gasteiger partial charge in [-0.25, -0.2) is 8.42 Å². The second-order valence-electron chi connectivity index (χ2n) is 41.6. The highest BCUT2D eigenvalue weighted by Crippen LogP contribution is 2.67. The third-order valence-corrected chi connectivity index (χ3v) is 35.0. The summed E-state index contributed by atoms with van der Waals surface area (Å²) in [6, 6.07) is 106. The average molecular weight is 1980 g/mol. The van der Waals surface area contributed by atoms with Crippen LogP contribution in [0.5, 0.6) is 40.2 Å². The summed E-state index contributed by atoms with van der Waals surface area (Å²) in [5.74, 6) is 11.5. The summed E-state index contributed by atoms with van der Waals surface area (Å²) >= 11 is 0. The Bertz CT molecular complexity index is 5900. The first-order valence-corrected chi connectivity index (χ1v) is 55.3. The number of nitriles is 1. The maximum absolute atomic E-state index is 11.2. The molecule has 0 aliphatic heterocycles. The van der Waals surface area contributed by atoms with E-state index in [0.717, 1.165) is 79.4 Å². The molecule has 6 aliphatic carbocycles. The molecule has 17 atom stereocenters. The number of nitrogens with zero attached hydrogens (tertiary/aromatic N) is 1. The SMILES string of the molecule is CCC(C)c1ccc(O)cc1.CCC(C)c1ccc(O)cc1.CCC(C)c1ccc(OC(OC2CC3CCC2(C)C3(C)C)C2(C)CC3C=CC2C3)cc1.CCC(C)c1ccc(OC(OCCOc2ccccc2)C2(C)CC3C=CC2C3)cc1.CCC(C)c1ccc(OCc2ccc(C#N)cc2)cc1.CCC(C)c1ccc(OCc2ccccc2S(=O)(=O)[O-])cc1.c1ccc([S+](c2ccccc2)c2ccccc2)cc1. The smallest absolute Gasteiger partial charge is 0.206 e.